The van der Waals surface area contributed by atoms with E-state index in [1.54, 1.807) is 23.2 Å². The number of nitrogens with one attached hydrogen (secondary N) is 1. The molecule has 26 heavy (non-hydrogen) atoms. The highest BCUT2D eigenvalue weighted by molar-refractivity contribution is 5.90. The zero-order chi connectivity index (χ0) is 18.4. The predicted octanol–water partition coefficient (Wildman–Crippen LogP) is 2.81. The highest BCUT2D eigenvalue weighted by Crippen LogP contribution is 2.18. The Balaban J connectivity index is 1.66. The van der Waals surface area contributed by atoms with Crippen LogP contribution in [-0.4, -0.2) is 40.1 Å². The number of pyridine rings is 1. The highest BCUT2D eigenvalue weighted by Gasteiger charge is 2.28. The molecule has 1 aliphatic heterocycles. The van der Waals surface area contributed by atoms with Crippen LogP contribution in [0.25, 0.3) is 0 Å². The molecular formula is C20H19N3O3. The van der Waals surface area contributed by atoms with Crippen molar-refractivity contribution in [1.82, 2.24) is 9.88 Å². The Labute approximate surface area is 151 Å². The van der Waals surface area contributed by atoms with Crippen molar-refractivity contribution < 1.29 is 14.7 Å². The molecule has 1 atom stereocenters. The smallest absolute Gasteiger partial charge is 0.321 e. The van der Waals surface area contributed by atoms with Gasteiger partial charge in [-0.2, -0.15) is 0 Å². The number of carboxylic acids is 1. The molecular weight excluding hydrogens is 330 g/mol. The first-order valence-corrected chi connectivity index (χ1v) is 8.43. The zero-order valence-corrected chi connectivity index (χ0v) is 14.2. The summed E-state index contributed by atoms with van der Waals surface area (Å²) in [6.45, 7) is 0.801. The highest BCUT2D eigenvalue weighted by atomic mass is 16.4. The standard InChI is InChI=1S/C20H19N3O3/c24-19(25)16-6-4-12-23(14-16)20(26)22-18-8-3-5-15(13-18)9-10-17-7-1-2-11-21-17/h1-3,5,7-8,11,13,16H,4,6,12,14H2,(H,22,26)(H,24,25). The van der Waals surface area contributed by atoms with Crippen LogP contribution in [0.3, 0.4) is 0 Å². The van der Waals surface area contributed by atoms with E-state index in [0.717, 1.165) is 5.56 Å². The number of amides is 2. The summed E-state index contributed by atoms with van der Waals surface area (Å²) in [5, 5.41) is 12.0. The van der Waals surface area contributed by atoms with Gasteiger partial charge >= 0.3 is 12.0 Å². The first-order valence-electron chi connectivity index (χ1n) is 8.43. The summed E-state index contributed by atoms with van der Waals surface area (Å²) >= 11 is 0. The van der Waals surface area contributed by atoms with E-state index in [-0.39, 0.29) is 12.6 Å². The number of carbonyl (C=O) groups is 2. The van der Waals surface area contributed by atoms with Gasteiger partial charge in [-0.3, -0.25) is 4.79 Å². The average molecular weight is 349 g/mol. The number of likely N-dealkylation sites (tertiary alicyclic amines) is 1. The number of carboxylic acid groups (broad SMARTS) is 1. The van der Waals surface area contributed by atoms with Gasteiger partial charge < -0.3 is 15.3 Å². The molecule has 0 saturated carbocycles. The number of anilines is 1. The molecule has 1 unspecified atom stereocenters. The van der Waals surface area contributed by atoms with E-state index in [9.17, 15) is 9.59 Å². The molecule has 1 aromatic heterocycles. The Bertz CT molecular complexity index is 855. The number of rotatable bonds is 2. The summed E-state index contributed by atoms with van der Waals surface area (Å²) in [5.41, 5.74) is 2.06. The van der Waals surface area contributed by atoms with Gasteiger partial charge in [0.2, 0.25) is 0 Å². The van der Waals surface area contributed by atoms with E-state index in [1.807, 2.05) is 30.3 Å². The second kappa shape index (κ2) is 8.17. The van der Waals surface area contributed by atoms with E-state index in [4.69, 9.17) is 5.11 Å². The van der Waals surface area contributed by atoms with Crippen LogP contribution in [-0.2, 0) is 4.79 Å². The number of benzene rings is 1. The van der Waals surface area contributed by atoms with Gasteiger partial charge in [0.05, 0.1) is 5.92 Å². The maximum absolute atomic E-state index is 12.4. The van der Waals surface area contributed by atoms with Crippen molar-refractivity contribution in [2.75, 3.05) is 18.4 Å². The van der Waals surface area contributed by atoms with Gasteiger partial charge in [-0.05, 0) is 49.1 Å². The maximum Gasteiger partial charge on any atom is 0.321 e. The molecule has 0 aliphatic carbocycles. The topological polar surface area (TPSA) is 82.5 Å². The Morgan fingerprint density at radius 1 is 1.19 bits per heavy atom. The van der Waals surface area contributed by atoms with Gasteiger partial charge in [-0.15, -0.1) is 0 Å². The van der Waals surface area contributed by atoms with Crippen LogP contribution < -0.4 is 5.32 Å². The third kappa shape index (κ3) is 4.61. The quantitative estimate of drug-likeness (QED) is 0.817. The summed E-state index contributed by atoms with van der Waals surface area (Å²) in [7, 11) is 0. The van der Waals surface area contributed by atoms with Crippen molar-refractivity contribution in [2.24, 2.45) is 5.92 Å². The Morgan fingerprint density at radius 2 is 2.08 bits per heavy atom. The molecule has 1 saturated heterocycles. The largest absolute Gasteiger partial charge is 0.481 e. The van der Waals surface area contributed by atoms with Crippen molar-refractivity contribution in [3.63, 3.8) is 0 Å². The van der Waals surface area contributed by atoms with Crippen molar-refractivity contribution in [3.8, 4) is 11.8 Å². The van der Waals surface area contributed by atoms with Gasteiger partial charge in [-0.25, -0.2) is 9.78 Å². The predicted molar refractivity (Wildman–Crippen MR) is 97.6 cm³/mol. The minimum atomic E-state index is -0.853. The van der Waals surface area contributed by atoms with E-state index in [2.05, 4.69) is 22.1 Å². The Morgan fingerprint density at radius 3 is 2.85 bits per heavy atom. The Kier molecular flexibility index (Phi) is 5.49. The summed E-state index contributed by atoms with van der Waals surface area (Å²) in [5.74, 6) is 4.65. The minimum Gasteiger partial charge on any atom is -0.481 e. The summed E-state index contributed by atoms with van der Waals surface area (Å²) in [6, 6.07) is 12.5. The molecule has 2 amide bonds. The Hall–Kier alpha value is -3.33. The van der Waals surface area contributed by atoms with E-state index < -0.39 is 11.9 Å². The lowest BCUT2D eigenvalue weighted by atomic mass is 9.99. The lowest BCUT2D eigenvalue weighted by molar-refractivity contribution is -0.143. The molecule has 0 radical (unpaired) electrons. The van der Waals surface area contributed by atoms with Crippen LogP contribution in [0.2, 0.25) is 0 Å². The van der Waals surface area contributed by atoms with Crippen LogP contribution in [0.15, 0.2) is 48.7 Å². The molecule has 2 heterocycles. The molecule has 3 rings (SSSR count). The minimum absolute atomic E-state index is 0.236. The average Bonchev–Trinajstić information content (AvgIpc) is 2.67. The van der Waals surface area contributed by atoms with Crippen molar-refractivity contribution >= 4 is 17.7 Å². The molecule has 2 aromatic rings. The summed E-state index contributed by atoms with van der Waals surface area (Å²) < 4.78 is 0. The fraction of sp³-hybridized carbons (Fsp3) is 0.250. The van der Waals surface area contributed by atoms with Gasteiger partial charge in [-0.1, -0.05) is 18.1 Å². The molecule has 132 valence electrons. The second-order valence-corrected chi connectivity index (χ2v) is 6.10. The van der Waals surface area contributed by atoms with Crippen molar-refractivity contribution in [3.05, 3.63) is 59.9 Å². The number of nitrogens with zero attached hydrogens (tertiary/aromatic N) is 2. The molecule has 1 aliphatic rings. The lowest BCUT2D eigenvalue weighted by Gasteiger charge is -2.30. The number of hydrogen-bond donors (Lipinski definition) is 2. The third-order valence-corrected chi connectivity index (χ3v) is 4.17. The monoisotopic (exact) mass is 349 g/mol. The van der Waals surface area contributed by atoms with Gasteiger partial charge in [0.15, 0.2) is 0 Å². The molecule has 6 nitrogen and oxygen atoms in total. The lowest BCUT2D eigenvalue weighted by Crippen LogP contribution is -2.44. The normalized spacial score (nSPS) is 16.3. The van der Waals surface area contributed by atoms with E-state index in [1.165, 1.54) is 0 Å². The van der Waals surface area contributed by atoms with Gasteiger partial charge in [0.1, 0.15) is 5.69 Å². The molecule has 0 spiro atoms. The van der Waals surface area contributed by atoms with Crippen molar-refractivity contribution in [1.29, 1.82) is 0 Å². The maximum atomic E-state index is 12.4. The van der Waals surface area contributed by atoms with Crippen LogP contribution in [0.4, 0.5) is 10.5 Å². The number of piperidine rings is 1. The van der Waals surface area contributed by atoms with Crippen LogP contribution in [0.1, 0.15) is 24.1 Å². The van der Waals surface area contributed by atoms with E-state index in [0.29, 0.717) is 30.8 Å². The molecule has 0 bridgehead atoms. The van der Waals surface area contributed by atoms with E-state index >= 15 is 0 Å². The van der Waals surface area contributed by atoms with Crippen LogP contribution in [0, 0.1) is 17.8 Å². The number of aliphatic carboxylic acids is 1. The van der Waals surface area contributed by atoms with Crippen LogP contribution >= 0.6 is 0 Å². The summed E-state index contributed by atoms with van der Waals surface area (Å²) in [4.78, 5) is 29.2. The SMILES string of the molecule is O=C(O)C1CCCN(C(=O)Nc2cccc(C#Cc3ccccn3)c2)C1. The summed E-state index contributed by atoms with van der Waals surface area (Å²) in [6.07, 6.45) is 2.99. The van der Waals surface area contributed by atoms with Gasteiger partial charge in [0, 0.05) is 30.5 Å². The number of urea groups is 1. The number of hydrogen-bond acceptors (Lipinski definition) is 3. The molecule has 6 heteroatoms. The molecule has 2 N–H and O–H groups in total. The zero-order valence-electron chi connectivity index (χ0n) is 14.2. The number of carbonyl (C=O) groups excluding carboxylic acids is 1. The molecule has 1 fully saturated rings. The first-order chi connectivity index (χ1) is 12.6. The van der Waals surface area contributed by atoms with Gasteiger partial charge in [0.25, 0.3) is 0 Å². The fourth-order valence-corrected chi connectivity index (χ4v) is 2.81. The van der Waals surface area contributed by atoms with Crippen molar-refractivity contribution in [2.45, 2.75) is 12.8 Å². The van der Waals surface area contributed by atoms with Crippen LogP contribution in [0.5, 0.6) is 0 Å². The fourth-order valence-electron chi connectivity index (χ4n) is 2.81. The first kappa shape index (κ1) is 17.5. The number of aromatic nitrogens is 1. The third-order valence-electron chi connectivity index (χ3n) is 4.17. The molecule has 1 aromatic carbocycles. The second-order valence-electron chi connectivity index (χ2n) is 6.10.